The Morgan fingerprint density at radius 3 is 2.66 bits per heavy atom. The van der Waals surface area contributed by atoms with Gasteiger partial charge in [-0.1, -0.05) is 13.8 Å². The number of benzene rings is 2. The molecule has 4 aromatic rings. The molecule has 35 heavy (non-hydrogen) atoms. The summed E-state index contributed by atoms with van der Waals surface area (Å²) in [5.74, 6) is -2.34. The van der Waals surface area contributed by atoms with E-state index in [-0.39, 0.29) is 17.2 Å². The molecule has 184 valence electrons. The third kappa shape index (κ3) is 3.56. The van der Waals surface area contributed by atoms with Crippen molar-refractivity contribution in [2.45, 2.75) is 38.0 Å². The standard InChI is InChI=1S/C26H27F2N3O4/c1-26(2,12-34-3)24-20(13-7-14(8-13)25(32)33)21-18(9-15-11-29-30-23(15)22(21)28)31(24)16-5-6-17(27)19(10-16)35-4/h5-6,9-11,13-14H,7-8,12H2,1-4H3,(H,29,30)(H,32,33). The summed E-state index contributed by atoms with van der Waals surface area (Å²) in [4.78, 5) is 11.6. The fourth-order valence-corrected chi connectivity index (χ4v) is 5.43. The average molecular weight is 484 g/mol. The number of carbonyl (C=O) groups is 1. The van der Waals surface area contributed by atoms with E-state index in [1.807, 2.05) is 24.5 Å². The number of halogens is 2. The highest BCUT2D eigenvalue weighted by Gasteiger charge is 2.42. The van der Waals surface area contributed by atoms with Crippen molar-refractivity contribution in [2.24, 2.45) is 5.92 Å². The lowest BCUT2D eigenvalue weighted by Crippen LogP contribution is -2.33. The number of nitrogens with zero attached hydrogens (tertiary/aromatic N) is 2. The molecule has 9 heteroatoms. The van der Waals surface area contributed by atoms with Gasteiger partial charge in [0.05, 0.1) is 31.3 Å². The highest BCUT2D eigenvalue weighted by molar-refractivity contribution is 6.00. The molecule has 2 N–H and O–H groups in total. The Morgan fingerprint density at radius 2 is 2.00 bits per heavy atom. The van der Waals surface area contributed by atoms with Crippen LogP contribution in [0.5, 0.6) is 5.75 Å². The van der Waals surface area contributed by atoms with E-state index in [9.17, 15) is 14.3 Å². The van der Waals surface area contributed by atoms with E-state index < -0.39 is 28.9 Å². The number of aliphatic carboxylic acids is 1. The number of methoxy groups -OCH3 is 2. The van der Waals surface area contributed by atoms with Crippen LogP contribution in [-0.2, 0) is 14.9 Å². The van der Waals surface area contributed by atoms with Gasteiger partial charge in [-0.25, -0.2) is 8.78 Å². The van der Waals surface area contributed by atoms with Gasteiger partial charge in [-0.3, -0.25) is 9.89 Å². The lowest BCUT2D eigenvalue weighted by molar-refractivity contribution is -0.145. The lowest BCUT2D eigenvalue weighted by atomic mass is 9.68. The molecule has 0 saturated heterocycles. The Morgan fingerprint density at radius 1 is 1.26 bits per heavy atom. The number of carboxylic acid groups (broad SMARTS) is 1. The van der Waals surface area contributed by atoms with Crippen molar-refractivity contribution >= 4 is 27.8 Å². The van der Waals surface area contributed by atoms with E-state index in [0.29, 0.717) is 41.4 Å². The van der Waals surface area contributed by atoms with Gasteiger partial charge in [-0.2, -0.15) is 5.10 Å². The fraction of sp³-hybridized carbons (Fsp3) is 0.385. The summed E-state index contributed by atoms with van der Waals surface area (Å²) in [7, 11) is 3.00. The van der Waals surface area contributed by atoms with E-state index in [1.165, 1.54) is 13.2 Å². The molecule has 7 nitrogen and oxygen atoms in total. The number of hydrogen-bond donors (Lipinski definition) is 2. The summed E-state index contributed by atoms with van der Waals surface area (Å²) in [5, 5.41) is 17.3. The Labute approximate surface area is 200 Å². The molecule has 1 aliphatic rings. The summed E-state index contributed by atoms with van der Waals surface area (Å²) in [6, 6.07) is 6.40. The summed E-state index contributed by atoms with van der Waals surface area (Å²) in [6.45, 7) is 4.35. The number of aromatic nitrogens is 3. The van der Waals surface area contributed by atoms with Crippen LogP contribution in [0.15, 0.2) is 30.5 Å². The molecule has 1 saturated carbocycles. The largest absolute Gasteiger partial charge is 0.494 e. The summed E-state index contributed by atoms with van der Waals surface area (Å²) < 4.78 is 43.1. The average Bonchev–Trinajstić information content (AvgIpc) is 3.37. The second-order valence-electron chi connectivity index (χ2n) is 9.86. The van der Waals surface area contributed by atoms with Gasteiger partial charge in [0.1, 0.15) is 5.52 Å². The van der Waals surface area contributed by atoms with E-state index in [2.05, 4.69) is 10.2 Å². The molecule has 0 radical (unpaired) electrons. The molecule has 1 fully saturated rings. The topological polar surface area (TPSA) is 89.4 Å². The molecular weight excluding hydrogens is 456 g/mol. The smallest absolute Gasteiger partial charge is 0.306 e. The van der Waals surface area contributed by atoms with Gasteiger partial charge in [-0.15, -0.1) is 0 Å². The highest BCUT2D eigenvalue weighted by atomic mass is 19.1. The number of ether oxygens (including phenoxy) is 2. The first-order valence-electron chi connectivity index (χ1n) is 11.4. The van der Waals surface area contributed by atoms with Gasteiger partial charge in [-0.05, 0) is 42.5 Å². The Bertz CT molecular complexity index is 1450. The molecule has 0 aliphatic heterocycles. The monoisotopic (exact) mass is 483 g/mol. The van der Waals surface area contributed by atoms with Gasteiger partial charge >= 0.3 is 5.97 Å². The molecule has 1 aliphatic carbocycles. The first-order valence-corrected chi connectivity index (χ1v) is 11.4. The van der Waals surface area contributed by atoms with Gasteiger partial charge in [0, 0.05) is 40.7 Å². The molecule has 0 bridgehead atoms. The minimum Gasteiger partial charge on any atom is -0.494 e. The second-order valence-corrected chi connectivity index (χ2v) is 9.86. The maximum atomic E-state index is 16.1. The number of nitrogens with one attached hydrogen (secondary N) is 1. The SMILES string of the molecule is COCC(C)(C)c1c(C2CC(C(=O)O)C2)c2c(F)c3[nH]ncc3cc2n1-c1ccc(F)c(OC)c1. The zero-order chi connectivity index (χ0) is 25.1. The molecule has 0 spiro atoms. The predicted molar refractivity (Wildman–Crippen MR) is 127 cm³/mol. The predicted octanol–water partition coefficient (Wildman–Crippen LogP) is 5.30. The second kappa shape index (κ2) is 8.34. The van der Waals surface area contributed by atoms with Crippen molar-refractivity contribution in [3.05, 3.63) is 53.4 Å². The summed E-state index contributed by atoms with van der Waals surface area (Å²) in [5.41, 5.74) is 2.47. The zero-order valence-corrected chi connectivity index (χ0v) is 20.0. The molecular formula is C26H27F2N3O4. The number of fused-ring (bicyclic) bond motifs is 2. The highest BCUT2D eigenvalue weighted by Crippen LogP contribution is 2.51. The van der Waals surface area contributed by atoms with Crippen molar-refractivity contribution in [3.8, 4) is 11.4 Å². The Balaban J connectivity index is 1.90. The minimum absolute atomic E-state index is 0.0702. The number of carboxylic acids is 1. The fourth-order valence-electron chi connectivity index (χ4n) is 5.43. The van der Waals surface area contributed by atoms with Crippen LogP contribution in [0.2, 0.25) is 0 Å². The van der Waals surface area contributed by atoms with E-state index >= 15 is 4.39 Å². The molecule has 5 rings (SSSR count). The normalized spacial score (nSPS) is 18.2. The van der Waals surface area contributed by atoms with Crippen LogP contribution in [0, 0.1) is 17.6 Å². The van der Waals surface area contributed by atoms with Gasteiger partial charge < -0.3 is 19.1 Å². The van der Waals surface area contributed by atoms with Gasteiger partial charge in [0.2, 0.25) is 0 Å². The summed E-state index contributed by atoms with van der Waals surface area (Å²) >= 11 is 0. The van der Waals surface area contributed by atoms with Gasteiger partial charge in [0.15, 0.2) is 17.4 Å². The molecule has 2 aromatic heterocycles. The zero-order valence-electron chi connectivity index (χ0n) is 20.0. The molecule has 0 unspecified atom stereocenters. The van der Waals surface area contributed by atoms with E-state index in [4.69, 9.17) is 9.47 Å². The van der Waals surface area contributed by atoms with Gasteiger partial charge in [0.25, 0.3) is 0 Å². The van der Waals surface area contributed by atoms with Crippen LogP contribution < -0.4 is 4.74 Å². The Hall–Kier alpha value is -3.46. The minimum atomic E-state index is -0.845. The molecule has 0 amide bonds. The summed E-state index contributed by atoms with van der Waals surface area (Å²) in [6.07, 6.45) is 2.39. The van der Waals surface area contributed by atoms with Crippen LogP contribution in [-0.4, -0.2) is 46.7 Å². The quantitative estimate of drug-likeness (QED) is 0.373. The van der Waals surface area contributed by atoms with Crippen LogP contribution in [0.4, 0.5) is 8.78 Å². The number of rotatable bonds is 7. The van der Waals surface area contributed by atoms with Crippen molar-refractivity contribution in [2.75, 3.05) is 20.8 Å². The van der Waals surface area contributed by atoms with E-state index in [1.54, 1.807) is 25.4 Å². The van der Waals surface area contributed by atoms with Crippen molar-refractivity contribution in [3.63, 3.8) is 0 Å². The molecule has 2 aromatic carbocycles. The van der Waals surface area contributed by atoms with Crippen LogP contribution >= 0.6 is 0 Å². The third-order valence-corrected chi connectivity index (χ3v) is 7.08. The van der Waals surface area contributed by atoms with Crippen molar-refractivity contribution in [1.82, 2.24) is 14.8 Å². The van der Waals surface area contributed by atoms with Crippen LogP contribution in [0.1, 0.15) is 43.9 Å². The van der Waals surface area contributed by atoms with Crippen LogP contribution in [0.3, 0.4) is 0 Å². The maximum absolute atomic E-state index is 16.1. The maximum Gasteiger partial charge on any atom is 0.306 e. The van der Waals surface area contributed by atoms with Crippen molar-refractivity contribution < 1.29 is 28.2 Å². The van der Waals surface area contributed by atoms with Crippen molar-refractivity contribution in [1.29, 1.82) is 0 Å². The molecule has 2 heterocycles. The number of hydrogen-bond acceptors (Lipinski definition) is 4. The number of aromatic amines is 1. The number of H-pyrrole nitrogens is 1. The van der Waals surface area contributed by atoms with E-state index in [0.717, 1.165) is 11.3 Å². The third-order valence-electron chi connectivity index (χ3n) is 7.08. The first-order chi connectivity index (χ1) is 16.7. The molecule has 0 atom stereocenters. The lowest BCUT2D eigenvalue weighted by Gasteiger charge is -2.36. The first kappa shape index (κ1) is 23.3. The van der Waals surface area contributed by atoms with Crippen LogP contribution in [0.25, 0.3) is 27.5 Å². The Kier molecular flexibility index (Phi) is 5.55.